The molecule has 0 aliphatic carbocycles. The molecule has 1 rings (SSSR count). The minimum absolute atomic E-state index is 0.00654. The van der Waals surface area contributed by atoms with Gasteiger partial charge in [0.1, 0.15) is 5.75 Å². The molecule has 7 heteroatoms. The van der Waals surface area contributed by atoms with Crippen LogP contribution in [0, 0.1) is 11.3 Å². The molecular weight excluding hydrogens is 270 g/mol. The molecule has 0 spiro atoms. The third-order valence-electron chi connectivity index (χ3n) is 2.51. The van der Waals surface area contributed by atoms with Crippen LogP contribution in [-0.2, 0) is 22.5 Å². The van der Waals surface area contributed by atoms with Crippen molar-refractivity contribution < 1.29 is 23.0 Å². The third kappa shape index (κ3) is 4.17. The van der Waals surface area contributed by atoms with Crippen molar-refractivity contribution in [3.63, 3.8) is 0 Å². The Morgan fingerprint density at radius 3 is 2.70 bits per heavy atom. The molecular formula is C13H14F2N2O3. The summed E-state index contributed by atoms with van der Waals surface area (Å²) in [6, 6.07) is 4.29. The van der Waals surface area contributed by atoms with Gasteiger partial charge in [0.15, 0.2) is 0 Å². The normalized spacial score (nSPS) is 10.2. The molecule has 20 heavy (non-hydrogen) atoms. The van der Waals surface area contributed by atoms with E-state index in [-0.39, 0.29) is 30.9 Å². The summed E-state index contributed by atoms with van der Waals surface area (Å²) in [4.78, 5) is 11.5. The monoisotopic (exact) mass is 284 g/mol. The molecule has 0 fully saturated rings. The summed E-state index contributed by atoms with van der Waals surface area (Å²) in [6.45, 7) is -1.15. The Balaban J connectivity index is 3.17. The molecule has 0 saturated carbocycles. The molecule has 0 radical (unpaired) electrons. The van der Waals surface area contributed by atoms with E-state index in [4.69, 9.17) is 15.7 Å². The number of nitrogens with zero attached hydrogens (tertiary/aromatic N) is 1. The molecule has 0 atom stereocenters. The predicted molar refractivity (Wildman–Crippen MR) is 66.0 cm³/mol. The first-order chi connectivity index (χ1) is 9.51. The third-order valence-corrected chi connectivity index (χ3v) is 2.51. The van der Waals surface area contributed by atoms with Gasteiger partial charge in [0, 0.05) is 6.54 Å². The van der Waals surface area contributed by atoms with E-state index in [0.717, 1.165) is 0 Å². The van der Waals surface area contributed by atoms with Gasteiger partial charge in [-0.05, 0) is 30.2 Å². The summed E-state index contributed by atoms with van der Waals surface area (Å²) >= 11 is 0. The Kier molecular flexibility index (Phi) is 5.87. The second kappa shape index (κ2) is 7.40. The highest BCUT2D eigenvalue weighted by molar-refractivity contribution is 5.73. The fraction of sp³-hybridized carbons (Fsp3) is 0.385. The standard InChI is InChI=1S/C13H14F2N2O3/c1-2-19-12(18)5-8-3-10(20-13(14)15)4-9(6-16)11(8)7-17/h3-4,13H,2,5,7,17H2,1H3. The fourth-order valence-electron chi connectivity index (χ4n) is 1.74. The Morgan fingerprint density at radius 2 is 2.20 bits per heavy atom. The quantitative estimate of drug-likeness (QED) is 0.804. The summed E-state index contributed by atoms with van der Waals surface area (Å²) < 4.78 is 33.5. The molecule has 2 N–H and O–H groups in total. The number of ether oxygens (including phenoxy) is 2. The number of esters is 1. The number of carbonyl (C=O) groups excluding carboxylic acids is 1. The van der Waals surface area contributed by atoms with E-state index in [0.29, 0.717) is 11.1 Å². The largest absolute Gasteiger partial charge is 0.466 e. The molecule has 0 aliphatic rings. The maximum atomic E-state index is 12.2. The zero-order valence-corrected chi connectivity index (χ0v) is 10.9. The maximum absolute atomic E-state index is 12.2. The van der Waals surface area contributed by atoms with Gasteiger partial charge in [-0.25, -0.2) is 0 Å². The van der Waals surface area contributed by atoms with E-state index in [1.807, 2.05) is 6.07 Å². The van der Waals surface area contributed by atoms with Gasteiger partial charge >= 0.3 is 12.6 Å². The first-order valence-corrected chi connectivity index (χ1v) is 5.88. The number of hydrogen-bond donors (Lipinski definition) is 1. The SMILES string of the molecule is CCOC(=O)Cc1cc(OC(F)F)cc(C#N)c1CN. The maximum Gasteiger partial charge on any atom is 0.387 e. The number of hydrogen-bond acceptors (Lipinski definition) is 5. The number of benzene rings is 1. The molecule has 0 saturated heterocycles. The Bertz CT molecular complexity index is 527. The van der Waals surface area contributed by atoms with Crippen LogP contribution in [0.5, 0.6) is 5.75 Å². The lowest BCUT2D eigenvalue weighted by Gasteiger charge is -2.12. The zero-order chi connectivity index (χ0) is 15.1. The van der Waals surface area contributed by atoms with E-state index in [2.05, 4.69) is 4.74 Å². The van der Waals surface area contributed by atoms with Gasteiger partial charge in [-0.3, -0.25) is 4.79 Å². The van der Waals surface area contributed by atoms with Gasteiger partial charge in [-0.1, -0.05) is 0 Å². The van der Waals surface area contributed by atoms with E-state index in [1.165, 1.54) is 12.1 Å². The fourth-order valence-corrected chi connectivity index (χ4v) is 1.74. The molecule has 0 amide bonds. The highest BCUT2D eigenvalue weighted by atomic mass is 19.3. The smallest absolute Gasteiger partial charge is 0.387 e. The molecule has 5 nitrogen and oxygen atoms in total. The van der Waals surface area contributed by atoms with Crippen molar-refractivity contribution in [1.82, 2.24) is 0 Å². The number of rotatable bonds is 6. The van der Waals surface area contributed by atoms with Crippen LogP contribution in [0.15, 0.2) is 12.1 Å². The minimum atomic E-state index is -3.01. The Hall–Kier alpha value is -2.20. The lowest BCUT2D eigenvalue weighted by Crippen LogP contribution is -2.13. The van der Waals surface area contributed by atoms with Crippen LogP contribution in [-0.4, -0.2) is 19.2 Å². The molecule has 108 valence electrons. The highest BCUT2D eigenvalue weighted by Crippen LogP contribution is 2.24. The second-order valence-electron chi connectivity index (χ2n) is 3.78. The van der Waals surface area contributed by atoms with Crippen molar-refractivity contribution in [1.29, 1.82) is 5.26 Å². The van der Waals surface area contributed by atoms with E-state index in [9.17, 15) is 13.6 Å². The van der Waals surface area contributed by atoms with Gasteiger partial charge in [0.2, 0.25) is 0 Å². The van der Waals surface area contributed by atoms with Crippen LogP contribution in [0.1, 0.15) is 23.6 Å². The van der Waals surface area contributed by atoms with Crippen molar-refractivity contribution in [2.24, 2.45) is 5.73 Å². The molecule has 0 unspecified atom stereocenters. The first-order valence-electron chi connectivity index (χ1n) is 5.88. The van der Waals surface area contributed by atoms with Crippen LogP contribution in [0.25, 0.3) is 0 Å². The van der Waals surface area contributed by atoms with Crippen molar-refractivity contribution in [2.75, 3.05) is 6.61 Å². The Labute approximate surface area is 114 Å². The van der Waals surface area contributed by atoms with Gasteiger partial charge < -0.3 is 15.2 Å². The van der Waals surface area contributed by atoms with E-state index in [1.54, 1.807) is 6.92 Å². The zero-order valence-electron chi connectivity index (χ0n) is 10.9. The first kappa shape index (κ1) is 15.9. The van der Waals surface area contributed by atoms with Gasteiger partial charge in [-0.15, -0.1) is 0 Å². The van der Waals surface area contributed by atoms with Crippen molar-refractivity contribution in [3.05, 3.63) is 28.8 Å². The number of nitrogens with two attached hydrogens (primary N) is 1. The van der Waals surface area contributed by atoms with Crippen LogP contribution < -0.4 is 10.5 Å². The van der Waals surface area contributed by atoms with Crippen LogP contribution >= 0.6 is 0 Å². The highest BCUT2D eigenvalue weighted by Gasteiger charge is 2.16. The summed E-state index contributed by atoms with van der Waals surface area (Å²) in [7, 11) is 0. The topological polar surface area (TPSA) is 85.3 Å². The molecule has 0 aliphatic heterocycles. The Morgan fingerprint density at radius 1 is 1.50 bits per heavy atom. The summed E-state index contributed by atoms with van der Waals surface area (Å²) in [6.07, 6.45) is -0.157. The average Bonchev–Trinajstić information content (AvgIpc) is 2.37. The molecule has 0 bridgehead atoms. The molecule has 0 aromatic heterocycles. The molecule has 0 heterocycles. The van der Waals surface area contributed by atoms with Crippen molar-refractivity contribution in [3.8, 4) is 11.8 Å². The minimum Gasteiger partial charge on any atom is -0.466 e. The summed E-state index contributed by atoms with van der Waals surface area (Å²) in [5, 5.41) is 9.01. The lowest BCUT2D eigenvalue weighted by atomic mass is 9.98. The molecule has 1 aromatic carbocycles. The van der Waals surface area contributed by atoms with E-state index >= 15 is 0 Å². The van der Waals surface area contributed by atoms with Gasteiger partial charge in [-0.2, -0.15) is 14.0 Å². The number of nitriles is 1. The van der Waals surface area contributed by atoms with Crippen molar-refractivity contribution in [2.45, 2.75) is 26.5 Å². The van der Waals surface area contributed by atoms with Crippen LogP contribution in [0.2, 0.25) is 0 Å². The second-order valence-corrected chi connectivity index (χ2v) is 3.78. The average molecular weight is 284 g/mol. The summed E-state index contributed by atoms with van der Waals surface area (Å²) in [5.74, 6) is -0.715. The van der Waals surface area contributed by atoms with Crippen LogP contribution in [0.4, 0.5) is 8.78 Å². The number of halogens is 2. The number of carbonyl (C=O) groups is 1. The predicted octanol–water partition coefficient (Wildman–Crippen LogP) is 1.72. The lowest BCUT2D eigenvalue weighted by molar-refractivity contribution is -0.142. The van der Waals surface area contributed by atoms with Gasteiger partial charge in [0.25, 0.3) is 0 Å². The van der Waals surface area contributed by atoms with Gasteiger partial charge in [0.05, 0.1) is 24.7 Å². The molecule has 1 aromatic rings. The summed E-state index contributed by atoms with van der Waals surface area (Å²) in [5.41, 5.74) is 6.40. The van der Waals surface area contributed by atoms with Crippen LogP contribution in [0.3, 0.4) is 0 Å². The van der Waals surface area contributed by atoms with Crippen molar-refractivity contribution >= 4 is 5.97 Å². The number of alkyl halides is 2. The van der Waals surface area contributed by atoms with E-state index < -0.39 is 12.6 Å².